The van der Waals surface area contributed by atoms with Crippen LogP contribution in [0.3, 0.4) is 0 Å². The van der Waals surface area contributed by atoms with Crippen LogP contribution in [-0.2, 0) is 0 Å². The molecule has 0 saturated carbocycles. The number of quaternary nitrogens is 1. The number of hydrogen-bond acceptors (Lipinski definition) is 1. The lowest BCUT2D eigenvalue weighted by Crippen LogP contribution is -2.49. The lowest BCUT2D eigenvalue weighted by atomic mass is 10.1. The fraction of sp³-hybridized carbons (Fsp3) is 1.00. The summed E-state index contributed by atoms with van der Waals surface area (Å²) in [5.74, 6) is 0. The van der Waals surface area contributed by atoms with Gasteiger partial charge in [-0.3, -0.25) is 0 Å². The number of likely N-dealkylation sites (N-methyl/N-ethyl adjacent to an activating group) is 1. The van der Waals surface area contributed by atoms with Crippen molar-refractivity contribution in [3.63, 3.8) is 0 Å². The highest BCUT2D eigenvalue weighted by molar-refractivity contribution is 4.80. The van der Waals surface area contributed by atoms with Crippen LogP contribution in [0.5, 0.6) is 0 Å². The Morgan fingerprint density at radius 1 is 1.38 bits per heavy atom. The van der Waals surface area contributed by atoms with E-state index in [1.54, 1.807) is 0 Å². The first-order chi connectivity index (χ1) is 5.79. The summed E-state index contributed by atoms with van der Waals surface area (Å²) in [7, 11) is 2.37. The van der Waals surface area contributed by atoms with Crippen LogP contribution in [0.25, 0.3) is 0 Å². The highest BCUT2D eigenvalue weighted by atomic mass is 15.5. The molecule has 1 aliphatic heterocycles. The molecule has 2 nitrogen and oxygen atoms in total. The van der Waals surface area contributed by atoms with Gasteiger partial charge >= 0.3 is 0 Å². The molecule has 0 aliphatic carbocycles. The Kier molecular flexibility index (Phi) is 2.75. The Bertz CT molecular complexity index is 183. The molecule has 1 fully saturated rings. The molecule has 0 N–H and O–H groups in total. The zero-order valence-corrected chi connectivity index (χ0v) is 10.1. The fourth-order valence-corrected chi connectivity index (χ4v) is 2.00. The van der Waals surface area contributed by atoms with Crippen molar-refractivity contribution in [2.45, 2.75) is 46.2 Å². The molecule has 1 unspecified atom stereocenters. The molecular weight excluding hydrogens is 160 g/mol. The van der Waals surface area contributed by atoms with Crippen LogP contribution < -0.4 is 0 Å². The summed E-state index contributed by atoms with van der Waals surface area (Å²) in [4.78, 5) is 2.60. The van der Waals surface area contributed by atoms with Crippen LogP contribution in [0.4, 0.5) is 0 Å². The van der Waals surface area contributed by atoms with Gasteiger partial charge in [0.05, 0.1) is 20.1 Å². The largest absolute Gasteiger partial charge is 0.310 e. The van der Waals surface area contributed by atoms with E-state index in [1.165, 1.54) is 24.2 Å². The van der Waals surface area contributed by atoms with E-state index >= 15 is 0 Å². The summed E-state index contributed by atoms with van der Waals surface area (Å²) in [5.41, 5.74) is 0.333. The van der Waals surface area contributed by atoms with E-state index in [-0.39, 0.29) is 0 Å². The fourth-order valence-electron chi connectivity index (χ4n) is 2.00. The van der Waals surface area contributed by atoms with Crippen molar-refractivity contribution >= 4 is 0 Å². The molecule has 0 bridgehead atoms. The minimum absolute atomic E-state index is 0.333. The second-order valence-corrected chi connectivity index (χ2v) is 5.68. The summed E-state index contributed by atoms with van der Waals surface area (Å²) in [6.07, 6.45) is 0. The van der Waals surface area contributed by atoms with Gasteiger partial charge in [0.25, 0.3) is 0 Å². The monoisotopic (exact) mass is 185 g/mol. The third-order valence-electron chi connectivity index (χ3n) is 3.71. The van der Waals surface area contributed by atoms with Gasteiger partial charge in [0.15, 0.2) is 0 Å². The molecule has 0 aromatic rings. The van der Waals surface area contributed by atoms with E-state index in [0.29, 0.717) is 5.54 Å². The second-order valence-electron chi connectivity index (χ2n) is 5.68. The standard InChI is InChI=1S/C11H25N2/c1-7-13(6)9-12(8-10(13)2)11(3,4)5/h10H,7-9H2,1-6H3/q+1/t10?,13-/m0/s1. The average Bonchev–Trinajstić information content (AvgIpc) is 2.29. The molecule has 2 heteroatoms. The zero-order chi connectivity index (χ0) is 10.3. The maximum absolute atomic E-state index is 2.60. The molecule has 2 atom stereocenters. The quantitative estimate of drug-likeness (QED) is 0.564. The third-order valence-corrected chi connectivity index (χ3v) is 3.71. The Hall–Kier alpha value is -0.0800. The Labute approximate surface area is 83.1 Å². The Morgan fingerprint density at radius 2 is 1.92 bits per heavy atom. The van der Waals surface area contributed by atoms with Gasteiger partial charge in [-0.2, -0.15) is 0 Å². The van der Waals surface area contributed by atoms with Crippen molar-refractivity contribution in [2.24, 2.45) is 0 Å². The molecule has 1 rings (SSSR count). The van der Waals surface area contributed by atoms with E-state index < -0.39 is 0 Å². The van der Waals surface area contributed by atoms with E-state index in [1.807, 2.05) is 0 Å². The minimum Gasteiger partial charge on any atom is -0.310 e. The predicted molar refractivity (Wildman–Crippen MR) is 57.5 cm³/mol. The Morgan fingerprint density at radius 3 is 2.15 bits per heavy atom. The zero-order valence-electron chi connectivity index (χ0n) is 10.1. The minimum atomic E-state index is 0.333. The van der Waals surface area contributed by atoms with Crippen molar-refractivity contribution in [2.75, 3.05) is 26.8 Å². The lowest BCUT2D eigenvalue weighted by molar-refractivity contribution is -0.921. The predicted octanol–water partition coefficient (Wildman–Crippen LogP) is 1.91. The van der Waals surface area contributed by atoms with E-state index in [9.17, 15) is 0 Å². The molecule has 0 radical (unpaired) electrons. The number of hydrogen-bond donors (Lipinski definition) is 0. The van der Waals surface area contributed by atoms with Gasteiger partial charge in [0, 0.05) is 5.54 Å². The number of nitrogens with zero attached hydrogens (tertiary/aromatic N) is 2. The van der Waals surface area contributed by atoms with Gasteiger partial charge in [0.1, 0.15) is 12.7 Å². The first kappa shape index (κ1) is 11.0. The summed E-state index contributed by atoms with van der Waals surface area (Å²) >= 11 is 0. The third kappa shape index (κ3) is 2.05. The molecule has 0 amide bonds. The van der Waals surface area contributed by atoms with Crippen LogP contribution in [0.2, 0.25) is 0 Å². The van der Waals surface area contributed by atoms with Crippen molar-refractivity contribution < 1.29 is 4.48 Å². The summed E-state index contributed by atoms with van der Waals surface area (Å²) in [6.45, 7) is 15.3. The molecule has 0 spiro atoms. The van der Waals surface area contributed by atoms with Gasteiger partial charge < -0.3 is 4.48 Å². The molecule has 78 valence electrons. The topological polar surface area (TPSA) is 3.24 Å². The Balaban J connectivity index is 2.71. The first-order valence-corrected chi connectivity index (χ1v) is 5.39. The molecule has 0 aromatic heterocycles. The smallest absolute Gasteiger partial charge is 0.135 e. The van der Waals surface area contributed by atoms with Crippen molar-refractivity contribution in [3.05, 3.63) is 0 Å². The summed E-state index contributed by atoms with van der Waals surface area (Å²) < 4.78 is 1.21. The van der Waals surface area contributed by atoms with Crippen LogP contribution in [0.15, 0.2) is 0 Å². The van der Waals surface area contributed by atoms with E-state index in [4.69, 9.17) is 0 Å². The maximum atomic E-state index is 2.60. The van der Waals surface area contributed by atoms with Crippen LogP contribution >= 0.6 is 0 Å². The van der Waals surface area contributed by atoms with Gasteiger partial charge in [0.2, 0.25) is 0 Å². The molecule has 1 aliphatic rings. The highest BCUT2D eigenvalue weighted by Crippen LogP contribution is 2.26. The van der Waals surface area contributed by atoms with Crippen LogP contribution in [-0.4, -0.2) is 47.8 Å². The molecule has 0 aromatic carbocycles. The molecule has 1 heterocycles. The normalized spacial score (nSPS) is 36.9. The van der Waals surface area contributed by atoms with Crippen LogP contribution in [0.1, 0.15) is 34.6 Å². The number of rotatable bonds is 1. The SMILES string of the molecule is CC[N@@+]1(C)CN(C(C)(C)C)CC1C. The van der Waals surface area contributed by atoms with E-state index in [0.717, 1.165) is 6.04 Å². The van der Waals surface area contributed by atoms with E-state index in [2.05, 4.69) is 46.6 Å². The van der Waals surface area contributed by atoms with Crippen molar-refractivity contribution in [1.29, 1.82) is 0 Å². The first-order valence-electron chi connectivity index (χ1n) is 5.39. The van der Waals surface area contributed by atoms with Crippen molar-refractivity contribution in [3.8, 4) is 0 Å². The maximum Gasteiger partial charge on any atom is 0.135 e. The molecular formula is C11H25N2+. The van der Waals surface area contributed by atoms with Gasteiger partial charge in [-0.15, -0.1) is 0 Å². The lowest BCUT2D eigenvalue weighted by Gasteiger charge is -2.34. The average molecular weight is 185 g/mol. The molecule has 13 heavy (non-hydrogen) atoms. The highest BCUT2D eigenvalue weighted by Gasteiger charge is 2.42. The molecule has 1 saturated heterocycles. The second kappa shape index (κ2) is 3.25. The van der Waals surface area contributed by atoms with Gasteiger partial charge in [-0.1, -0.05) is 0 Å². The summed E-state index contributed by atoms with van der Waals surface area (Å²) in [5, 5.41) is 0. The van der Waals surface area contributed by atoms with Crippen molar-refractivity contribution in [1.82, 2.24) is 4.90 Å². The van der Waals surface area contributed by atoms with Gasteiger partial charge in [-0.25, -0.2) is 4.90 Å². The van der Waals surface area contributed by atoms with Gasteiger partial charge in [-0.05, 0) is 34.6 Å². The summed E-state index contributed by atoms with van der Waals surface area (Å²) in [6, 6.07) is 0.782. The van der Waals surface area contributed by atoms with Crippen LogP contribution in [0, 0.1) is 0 Å².